The maximum atomic E-state index is 10.7. The van der Waals surface area contributed by atoms with Crippen LogP contribution in [0.25, 0.3) is 0 Å². The van der Waals surface area contributed by atoms with Crippen LogP contribution in [0.15, 0.2) is 0 Å². The van der Waals surface area contributed by atoms with E-state index in [0.717, 1.165) is 23.7 Å². The second-order valence-corrected chi connectivity index (χ2v) is 5.17. The van der Waals surface area contributed by atoms with Crippen LogP contribution in [0.3, 0.4) is 0 Å². The van der Waals surface area contributed by atoms with Gasteiger partial charge in [-0.1, -0.05) is 6.42 Å². The first-order chi connectivity index (χ1) is 6.25. The highest BCUT2D eigenvalue weighted by Crippen LogP contribution is 2.64. The third kappa shape index (κ3) is 0.976. The van der Waals surface area contributed by atoms with Gasteiger partial charge in [0, 0.05) is 6.42 Å². The average molecular weight is 180 g/mol. The van der Waals surface area contributed by atoms with Gasteiger partial charge in [-0.3, -0.25) is 4.79 Å². The summed E-state index contributed by atoms with van der Waals surface area (Å²) in [6.45, 7) is 0. The van der Waals surface area contributed by atoms with Crippen molar-refractivity contribution >= 4 is 5.97 Å². The smallest absolute Gasteiger partial charge is 0.303 e. The highest BCUT2D eigenvalue weighted by atomic mass is 16.4. The maximum absolute atomic E-state index is 10.7. The Balaban J connectivity index is 1.75. The van der Waals surface area contributed by atoms with E-state index in [1.165, 1.54) is 25.7 Å². The molecule has 2 nitrogen and oxygen atoms in total. The van der Waals surface area contributed by atoms with Crippen molar-refractivity contribution in [2.75, 3.05) is 0 Å². The molecule has 3 saturated carbocycles. The second kappa shape index (κ2) is 2.49. The Bertz CT molecular complexity index is 242. The first kappa shape index (κ1) is 7.84. The molecule has 72 valence electrons. The fourth-order valence-electron chi connectivity index (χ4n) is 4.29. The summed E-state index contributed by atoms with van der Waals surface area (Å²) >= 11 is 0. The first-order valence-electron chi connectivity index (χ1n) is 5.47. The maximum Gasteiger partial charge on any atom is 0.303 e. The van der Waals surface area contributed by atoms with E-state index < -0.39 is 5.97 Å². The molecule has 3 aliphatic rings. The Morgan fingerprint density at radius 3 is 2.69 bits per heavy atom. The van der Waals surface area contributed by atoms with E-state index in [-0.39, 0.29) is 0 Å². The summed E-state index contributed by atoms with van der Waals surface area (Å²) in [5, 5.41) is 8.80. The van der Waals surface area contributed by atoms with Crippen LogP contribution in [0.5, 0.6) is 0 Å². The SMILES string of the molecule is O=C(O)C[C@@H]1[C@@H]2CC3CC[C@H]1C2C3. The van der Waals surface area contributed by atoms with Crippen LogP contribution in [0.4, 0.5) is 0 Å². The van der Waals surface area contributed by atoms with Gasteiger partial charge in [0.15, 0.2) is 0 Å². The fourth-order valence-corrected chi connectivity index (χ4v) is 4.29. The third-order valence-corrected chi connectivity index (χ3v) is 4.73. The molecule has 0 heterocycles. The number of carboxylic acid groups (broad SMARTS) is 1. The predicted octanol–water partition coefficient (Wildman–Crippen LogP) is 2.14. The third-order valence-electron chi connectivity index (χ3n) is 4.73. The van der Waals surface area contributed by atoms with Crippen LogP contribution in [-0.4, -0.2) is 11.1 Å². The molecule has 3 aliphatic carbocycles. The zero-order chi connectivity index (χ0) is 9.00. The number of hydrogen-bond donors (Lipinski definition) is 1. The molecule has 2 unspecified atom stereocenters. The van der Waals surface area contributed by atoms with Gasteiger partial charge in [-0.15, -0.1) is 0 Å². The minimum absolute atomic E-state index is 0.443. The summed E-state index contributed by atoms with van der Waals surface area (Å²) in [5.74, 6) is 3.45. The zero-order valence-corrected chi connectivity index (χ0v) is 7.78. The molecule has 0 aromatic heterocycles. The Morgan fingerprint density at radius 1 is 1.15 bits per heavy atom. The van der Waals surface area contributed by atoms with Crippen LogP contribution in [-0.2, 0) is 4.79 Å². The van der Waals surface area contributed by atoms with Gasteiger partial charge >= 0.3 is 5.97 Å². The first-order valence-corrected chi connectivity index (χ1v) is 5.47. The lowest BCUT2D eigenvalue weighted by molar-refractivity contribution is -0.142. The summed E-state index contributed by atoms with van der Waals surface area (Å²) in [5.41, 5.74) is 0. The molecule has 0 radical (unpaired) electrons. The quantitative estimate of drug-likeness (QED) is 0.707. The van der Waals surface area contributed by atoms with Crippen LogP contribution < -0.4 is 0 Å². The average Bonchev–Trinajstić information content (AvgIpc) is 2.26. The molecular formula is C11H16O2. The van der Waals surface area contributed by atoms with Crippen molar-refractivity contribution < 1.29 is 9.90 Å². The topological polar surface area (TPSA) is 37.3 Å². The number of aliphatic carboxylic acids is 1. The van der Waals surface area contributed by atoms with Gasteiger partial charge in [-0.05, 0) is 48.9 Å². The van der Waals surface area contributed by atoms with Gasteiger partial charge in [0.2, 0.25) is 0 Å². The number of hydrogen-bond acceptors (Lipinski definition) is 1. The lowest BCUT2D eigenvalue weighted by Crippen LogP contribution is -2.44. The standard InChI is InChI=1S/C11H16O2/c12-11(13)5-10-7-2-1-6-3-8(7)9(10)4-6/h6-10H,1-5H2,(H,12,13)/t6?,7-,8?,9+,10-/m0/s1. The molecule has 0 aromatic carbocycles. The van der Waals surface area contributed by atoms with Gasteiger partial charge in [0.25, 0.3) is 0 Å². The molecule has 1 N–H and O–H groups in total. The van der Waals surface area contributed by atoms with E-state index >= 15 is 0 Å². The molecule has 3 fully saturated rings. The molecule has 0 spiro atoms. The van der Waals surface area contributed by atoms with E-state index in [1.807, 2.05) is 0 Å². The molecule has 0 amide bonds. The molecule has 0 saturated heterocycles. The zero-order valence-electron chi connectivity index (χ0n) is 7.78. The summed E-state index contributed by atoms with van der Waals surface area (Å²) in [4.78, 5) is 10.7. The van der Waals surface area contributed by atoms with Crippen molar-refractivity contribution in [1.29, 1.82) is 0 Å². The Hall–Kier alpha value is -0.530. The Kier molecular flexibility index (Phi) is 1.50. The van der Waals surface area contributed by atoms with Crippen LogP contribution in [0.1, 0.15) is 32.1 Å². The summed E-state index contributed by atoms with van der Waals surface area (Å²) in [6, 6.07) is 0. The number of fused-ring (bicyclic) bond motifs is 1. The monoisotopic (exact) mass is 180 g/mol. The van der Waals surface area contributed by atoms with Crippen molar-refractivity contribution in [2.24, 2.45) is 29.6 Å². The van der Waals surface area contributed by atoms with Crippen molar-refractivity contribution in [3.63, 3.8) is 0 Å². The molecule has 5 atom stereocenters. The van der Waals surface area contributed by atoms with Crippen molar-refractivity contribution in [2.45, 2.75) is 32.1 Å². The van der Waals surface area contributed by atoms with E-state index in [4.69, 9.17) is 5.11 Å². The number of rotatable bonds is 2. The van der Waals surface area contributed by atoms with Gasteiger partial charge in [-0.25, -0.2) is 0 Å². The summed E-state index contributed by atoms with van der Waals surface area (Å²) < 4.78 is 0. The van der Waals surface area contributed by atoms with Gasteiger partial charge in [0.05, 0.1) is 0 Å². The predicted molar refractivity (Wildman–Crippen MR) is 48.2 cm³/mol. The molecule has 0 aromatic rings. The number of carbonyl (C=O) groups is 1. The molecule has 2 bridgehead atoms. The summed E-state index contributed by atoms with van der Waals surface area (Å²) in [7, 11) is 0. The van der Waals surface area contributed by atoms with E-state index in [9.17, 15) is 4.79 Å². The second-order valence-electron chi connectivity index (χ2n) is 5.17. The highest BCUT2D eigenvalue weighted by molar-refractivity contribution is 5.67. The molecule has 13 heavy (non-hydrogen) atoms. The largest absolute Gasteiger partial charge is 0.481 e. The van der Waals surface area contributed by atoms with E-state index in [2.05, 4.69) is 0 Å². The summed E-state index contributed by atoms with van der Waals surface area (Å²) in [6.07, 6.45) is 5.92. The van der Waals surface area contributed by atoms with Crippen molar-refractivity contribution in [3.05, 3.63) is 0 Å². The molecular weight excluding hydrogens is 164 g/mol. The van der Waals surface area contributed by atoms with Crippen LogP contribution in [0.2, 0.25) is 0 Å². The normalized spacial score (nSPS) is 51.5. The van der Waals surface area contributed by atoms with Gasteiger partial charge in [0.1, 0.15) is 0 Å². The lowest BCUT2D eigenvalue weighted by Gasteiger charge is -2.49. The Labute approximate surface area is 78.3 Å². The van der Waals surface area contributed by atoms with E-state index in [1.54, 1.807) is 0 Å². The molecule has 2 heteroatoms. The molecule has 3 rings (SSSR count). The van der Waals surface area contributed by atoms with Gasteiger partial charge in [-0.2, -0.15) is 0 Å². The number of carboxylic acids is 1. The molecule has 0 aliphatic heterocycles. The fraction of sp³-hybridized carbons (Fsp3) is 0.909. The minimum Gasteiger partial charge on any atom is -0.481 e. The highest BCUT2D eigenvalue weighted by Gasteiger charge is 2.57. The van der Waals surface area contributed by atoms with Crippen LogP contribution in [0, 0.1) is 29.6 Å². The van der Waals surface area contributed by atoms with E-state index in [0.29, 0.717) is 12.3 Å². The Morgan fingerprint density at radius 2 is 1.92 bits per heavy atom. The minimum atomic E-state index is -0.584. The van der Waals surface area contributed by atoms with Crippen LogP contribution >= 0.6 is 0 Å². The van der Waals surface area contributed by atoms with Crippen molar-refractivity contribution in [1.82, 2.24) is 0 Å². The van der Waals surface area contributed by atoms with Crippen molar-refractivity contribution in [3.8, 4) is 0 Å². The van der Waals surface area contributed by atoms with Gasteiger partial charge < -0.3 is 5.11 Å². The lowest BCUT2D eigenvalue weighted by atomic mass is 9.55.